The molecular formula is C14H23N3O2S. The highest BCUT2D eigenvalue weighted by molar-refractivity contribution is 6.99. The van der Waals surface area contributed by atoms with Crippen molar-refractivity contribution in [2.75, 3.05) is 6.61 Å². The van der Waals surface area contributed by atoms with E-state index >= 15 is 0 Å². The molecule has 6 heteroatoms. The van der Waals surface area contributed by atoms with Gasteiger partial charge in [-0.15, -0.1) is 4.37 Å². The van der Waals surface area contributed by atoms with E-state index in [0.717, 1.165) is 11.3 Å². The molecule has 1 aliphatic heterocycles. The quantitative estimate of drug-likeness (QED) is 0.865. The van der Waals surface area contributed by atoms with E-state index in [-0.39, 0.29) is 5.54 Å². The average molecular weight is 297 g/mol. The normalized spacial score (nSPS) is 21.3. The molecule has 0 aliphatic carbocycles. The van der Waals surface area contributed by atoms with Crippen LogP contribution in [0.25, 0.3) is 0 Å². The molecule has 0 saturated carbocycles. The van der Waals surface area contributed by atoms with Gasteiger partial charge in [-0.3, -0.25) is 0 Å². The lowest BCUT2D eigenvalue weighted by Crippen LogP contribution is -2.48. The number of hydrogen-bond acceptors (Lipinski definition) is 6. The van der Waals surface area contributed by atoms with Crippen molar-refractivity contribution in [1.82, 2.24) is 13.8 Å². The predicted octanol–water partition coefficient (Wildman–Crippen LogP) is 3.23. The molecule has 1 aliphatic rings. The Morgan fingerprint density at radius 1 is 1.30 bits per heavy atom. The van der Waals surface area contributed by atoms with Gasteiger partial charge in [-0.25, -0.2) is 0 Å². The van der Waals surface area contributed by atoms with Crippen LogP contribution in [0, 0.1) is 0 Å². The summed E-state index contributed by atoms with van der Waals surface area (Å²) in [6, 6.07) is 0. The molecule has 0 spiro atoms. The molecule has 0 atom stereocenters. The maximum atomic E-state index is 10.3. The van der Waals surface area contributed by atoms with Crippen LogP contribution in [0.1, 0.15) is 53.2 Å². The van der Waals surface area contributed by atoms with Crippen molar-refractivity contribution in [2.45, 2.75) is 58.5 Å². The minimum absolute atomic E-state index is 0.292. The van der Waals surface area contributed by atoms with E-state index in [1.807, 2.05) is 27.7 Å². The van der Waals surface area contributed by atoms with Crippen molar-refractivity contribution < 1.29 is 9.94 Å². The van der Waals surface area contributed by atoms with Crippen LogP contribution in [0.4, 0.5) is 0 Å². The van der Waals surface area contributed by atoms with E-state index in [1.54, 1.807) is 0 Å². The molecule has 2 heterocycles. The van der Waals surface area contributed by atoms with E-state index in [0.29, 0.717) is 18.4 Å². The van der Waals surface area contributed by atoms with Crippen molar-refractivity contribution in [2.24, 2.45) is 0 Å². The lowest BCUT2D eigenvalue weighted by molar-refractivity contribution is -0.185. The van der Waals surface area contributed by atoms with Crippen LogP contribution in [0.5, 0.6) is 5.88 Å². The summed E-state index contributed by atoms with van der Waals surface area (Å²) in [4.78, 5) is 0. The van der Waals surface area contributed by atoms with Crippen LogP contribution in [-0.2, 0) is 0 Å². The third-order valence-corrected chi connectivity index (χ3v) is 4.31. The van der Waals surface area contributed by atoms with Crippen LogP contribution >= 0.6 is 11.7 Å². The molecule has 112 valence electrons. The molecule has 5 nitrogen and oxygen atoms in total. The van der Waals surface area contributed by atoms with Crippen LogP contribution in [0.3, 0.4) is 0 Å². The fourth-order valence-electron chi connectivity index (χ4n) is 2.52. The molecule has 0 saturated heterocycles. The van der Waals surface area contributed by atoms with Crippen molar-refractivity contribution in [3.63, 3.8) is 0 Å². The van der Waals surface area contributed by atoms with E-state index in [9.17, 15) is 5.21 Å². The predicted molar refractivity (Wildman–Crippen MR) is 79.4 cm³/mol. The number of aromatic nitrogens is 2. The Kier molecular flexibility index (Phi) is 3.92. The zero-order valence-corrected chi connectivity index (χ0v) is 13.8. The first-order chi connectivity index (χ1) is 9.16. The van der Waals surface area contributed by atoms with Gasteiger partial charge in [0.25, 0.3) is 0 Å². The summed E-state index contributed by atoms with van der Waals surface area (Å²) in [5, 5.41) is 11.6. The summed E-state index contributed by atoms with van der Waals surface area (Å²) < 4.78 is 14.3. The number of ether oxygens (including phenoxy) is 1. The monoisotopic (exact) mass is 297 g/mol. The molecule has 1 N–H and O–H groups in total. The first-order valence-electron chi connectivity index (χ1n) is 6.83. The van der Waals surface area contributed by atoms with E-state index in [2.05, 4.69) is 28.7 Å². The fraction of sp³-hybridized carbons (Fsp3) is 0.714. The maximum absolute atomic E-state index is 10.3. The van der Waals surface area contributed by atoms with Crippen molar-refractivity contribution in [1.29, 1.82) is 0 Å². The van der Waals surface area contributed by atoms with Gasteiger partial charge in [-0.2, -0.15) is 9.44 Å². The van der Waals surface area contributed by atoms with Gasteiger partial charge >= 0.3 is 0 Å². The maximum Gasteiger partial charge on any atom is 0.249 e. The largest absolute Gasteiger partial charge is 0.471 e. The van der Waals surface area contributed by atoms with Crippen LogP contribution in [0.15, 0.2) is 11.6 Å². The highest BCUT2D eigenvalue weighted by atomic mass is 32.1. The molecule has 0 radical (unpaired) electrons. The second kappa shape index (κ2) is 5.09. The Labute approximate surface area is 124 Å². The molecule has 0 amide bonds. The highest BCUT2D eigenvalue weighted by Gasteiger charge is 2.45. The zero-order chi connectivity index (χ0) is 15.1. The summed E-state index contributed by atoms with van der Waals surface area (Å²) in [5.41, 5.74) is 1.12. The van der Waals surface area contributed by atoms with Gasteiger partial charge in [0.15, 0.2) is 0 Å². The van der Waals surface area contributed by atoms with Gasteiger partial charge in [0.1, 0.15) is 12.3 Å². The minimum atomic E-state index is -0.440. The summed E-state index contributed by atoms with van der Waals surface area (Å²) in [5.74, 6) is 0.899. The highest BCUT2D eigenvalue weighted by Crippen LogP contribution is 2.38. The summed E-state index contributed by atoms with van der Waals surface area (Å²) in [7, 11) is 0. The molecule has 0 unspecified atom stereocenters. The Morgan fingerprint density at radius 2 is 1.95 bits per heavy atom. The van der Waals surface area contributed by atoms with E-state index in [1.165, 1.54) is 16.8 Å². The molecule has 20 heavy (non-hydrogen) atoms. The van der Waals surface area contributed by atoms with Gasteiger partial charge in [0.05, 0.1) is 22.8 Å². The van der Waals surface area contributed by atoms with E-state index < -0.39 is 5.54 Å². The lowest BCUT2D eigenvalue weighted by atomic mass is 9.97. The number of hydroxylamine groups is 2. The molecular weight excluding hydrogens is 274 g/mol. The summed E-state index contributed by atoms with van der Waals surface area (Å²) >= 11 is 1.17. The Morgan fingerprint density at radius 3 is 2.45 bits per heavy atom. The Hall–Kier alpha value is -0.980. The van der Waals surface area contributed by atoms with E-state index in [4.69, 9.17) is 4.74 Å². The lowest BCUT2D eigenvalue weighted by Gasteiger charge is -2.36. The molecule has 2 rings (SSSR count). The topological polar surface area (TPSA) is 58.5 Å². The second-order valence-electron chi connectivity index (χ2n) is 6.59. The van der Waals surface area contributed by atoms with Gasteiger partial charge in [0, 0.05) is 5.92 Å². The SMILES string of the molecule is CC(C)c1nsnc1OCC1=CC(C)(C)N(O)C1(C)C. The molecule has 0 fully saturated rings. The smallest absolute Gasteiger partial charge is 0.249 e. The third-order valence-electron chi connectivity index (χ3n) is 3.78. The third kappa shape index (κ3) is 2.60. The van der Waals surface area contributed by atoms with Gasteiger partial charge < -0.3 is 9.94 Å². The van der Waals surface area contributed by atoms with Crippen LogP contribution in [-0.4, -0.2) is 36.7 Å². The van der Waals surface area contributed by atoms with Crippen LogP contribution < -0.4 is 4.74 Å². The average Bonchev–Trinajstić information content (AvgIpc) is 2.86. The fourth-order valence-corrected chi connectivity index (χ4v) is 3.16. The molecule has 0 bridgehead atoms. The van der Waals surface area contributed by atoms with Gasteiger partial charge in [0.2, 0.25) is 5.88 Å². The second-order valence-corrected chi connectivity index (χ2v) is 7.12. The number of nitrogens with zero attached hydrogens (tertiary/aromatic N) is 3. The minimum Gasteiger partial charge on any atom is -0.471 e. The number of rotatable bonds is 4. The number of hydrogen-bond donors (Lipinski definition) is 1. The van der Waals surface area contributed by atoms with Gasteiger partial charge in [-0.05, 0) is 33.3 Å². The summed E-state index contributed by atoms with van der Waals surface area (Å²) in [6.07, 6.45) is 2.06. The van der Waals surface area contributed by atoms with Gasteiger partial charge in [-0.1, -0.05) is 19.9 Å². The zero-order valence-electron chi connectivity index (χ0n) is 13.0. The standard InChI is InChI=1S/C14H23N3O2S/c1-9(2)11-12(16-20-15-11)19-8-10-7-13(3,4)17(18)14(10,5)6/h7,9,18H,8H2,1-6H3. The first-order valence-corrected chi connectivity index (χ1v) is 7.56. The molecule has 1 aromatic rings. The molecule has 1 aromatic heterocycles. The summed E-state index contributed by atoms with van der Waals surface area (Å²) in [6.45, 7) is 12.5. The van der Waals surface area contributed by atoms with Crippen LogP contribution in [0.2, 0.25) is 0 Å². The van der Waals surface area contributed by atoms with Crippen molar-refractivity contribution >= 4 is 11.7 Å². The van der Waals surface area contributed by atoms with Crippen molar-refractivity contribution in [3.05, 3.63) is 17.3 Å². The Balaban J connectivity index is 2.13. The Bertz CT molecular complexity index is 520. The molecule has 0 aromatic carbocycles. The first kappa shape index (κ1) is 15.4. The van der Waals surface area contributed by atoms with Crippen molar-refractivity contribution in [3.8, 4) is 5.88 Å².